The molecule has 0 atom stereocenters. The van der Waals surface area contributed by atoms with E-state index >= 15 is 0 Å². The minimum absolute atomic E-state index is 0.104. The first-order valence-corrected chi connectivity index (χ1v) is 5.93. The topological polar surface area (TPSA) is 120 Å². The lowest BCUT2D eigenvalue weighted by molar-refractivity contribution is -0.120. The molecule has 0 aliphatic carbocycles. The Hall–Kier alpha value is -2.64. The highest BCUT2D eigenvalue weighted by atomic mass is 16.4. The molecule has 1 heterocycles. The van der Waals surface area contributed by atoms with Crippen LogP contribution in [0.5, 0.6) is 0 Å². The van der Waals surface area contributed by atoms with Crippen LogP contribution in [0.4, 0.5) is 4.79 Å². The Bertz CT molecular complexity index is 504. The minimum Gasteiger partial charge on any atom is -0.478 e. The van der Waals surface area contributed by atoms with Crippen molar-refractivity contribution < 1.29 is 19.5 Å². The van der Waals surface area contributed by atoms with Crippen molar-refractivity contribution in [3.05, 3.63) is 29.6 Å². The predicted molar refractivity (Wildman–Crippen MR) is 70.1 cm³/mol. The maximum atomic E-state index is 11.4. The maximum absolute atomic E-state index is 11.4. The van der Waals surface area contributed by atoms with Crippen molar-refractivity contribution in [3.63, 3.8) is 0 Å². The SMILES string of the molecule is CNC(=O)CCNC(=O)NCc1cc(C(=O)O)ccn1. The third kappa shape index (κ3) is 5.34. The maximum Gasteiger partial charge on any atom is 0.335 e. The summed E-state index contributed by atoms with van der Waals surface area (Å²) < 4.78 is 0. The first-order chi connectivity index (χ1) is 9.52. The fraction of sp³-hybridized carbons (Fsp3) is 0.333. The van der Waals surface area contributed by atoms with E-state index in [0.29, 0.717) is 5.69 Å². The molecule has 0 aliphatic rings. The molecule has 0 fully saturated rings. The summed E-state index contributed by atoms with van der Waals surface area (Å²) in [5.41, 5.74) is 0.545. The van der Waals surface area contributed by atoms with E-state index in [9.17, 15) is 14.4 Å². The number of carbonyl (C=O) groups excluding carboxylic acids is 2. The van der Waals surface area contributed by atoms with Gasteiger partial charge in [0.05, 0.1) is 17.8 Å². The predicted octanol–water partition coefficient (Wildman–Crippen LogP) is -0.285. The van der Waals surface area contributed by atoms with Gasteiger partial charge in [0.2, 0.25) is 5.91 Å². The molecule has 3 amide bonds. The largest absolute Gasteiger partial charge is 0.478 e. The normalized spacial score (nSPS) is 9.65. The number of aromatic nitrogens is 1. The monoisotopic (exact) mass is 280 g/mol. The van der Waals surface area contributed by atoms with Crippen LogP contribution in [-0.2, 0) is 11.3 Å². The lowest BCUT2D eigenvalue weighted by Crippen LogP contribution is -2.37. The number of hydrogen-bond donors (Lipinski definition) is 4. The van der Waals surface area contributed by atoms with Gasteiger partial charge in [0.1, 0.15) is 0 Å². The second kappa shape index (κ2) is 7.72. The molecule has 0 spiro atoms. The average Bonchev–Trinajstić information content (AvgIpc) is 2.45. The van der Waals surface area contributed by atoms with Crippen molar-refractivity contribution in [3.8, 4) is 0 Å². The Balaban J connectivity index is 2.35. The van der Waals surface area contributed by atoms with Crippen LogP contribution in [0.1, 0.15) is 22.5 Å². The Kier molecular flexibility index (Phi) is 5.95. The molecule has 1 aromatic rings. The molecule has 0 saturated heterocycles. The van der Waals surface area contributed by atoms with Crippen molar-refractivity contribution in [2.45, 2.75) is 13.0 Å². The molecule has 0 radical (unpaired) electrons. The van der Waals surface area contributed by atoms with E-state index in [4.69, 9.17) is 5.11 Å². The van der Waals surface area contributed by atoms with Gasteiger partial charge in [0.25, 0.3) is 0 Å². The van der Waals surface area contributed by atoms with Crippen LogP contribution in [0.3, 0.4) is 0 Å². The van der Waals surface area contributed by atoms with Gasteiger partial charge in [-0.3, -0.25) is 9.78 Å². The van der Waals surface area contributed by atoms with Gasteiger partial charge in [-0.1, -0.05) is 0 Å². The lowest BCUT2D eigenvalue weighted by atomic mass is 10.2. The molecule has 4 N–H and O–H groups in total. The Morgan fingerprint density at radius 3 is 2.70 bits per heavy atom. The number of nitrogens with one attached hydrogen (secondary N) is 3. The zero-order valence-electron chi connectivity index (χ0n) is 11.0. The zero-order valence-corrected chi connectivity index (χ0v) is 11.0. The van der Waals surface area contributed by atoms with E-state index in [0.717, 1.165) is 0 Å². The molecule has 8 heteroatoms. The number of amides is 3. The third-order valence-corrected chi connectivity index (χ3v) is 2.41. The van der Waals surface area contributed by atoms with Gasteiger partial charge in [-0.15, -0.1) is 0 Å². The van der Waals surface area contributed by atoms with E-state index < -0.39 is 12.0 Å². The average molecular weight is 280 g/mol. The van der Waals surface area contributed by atoms with Crippen molar-refractivity contribution in [2.75, 3.05) is 13.6 Å². The second-order valence-electron chi connectivity index (χ2n) is 3.87. The first kappa shape index (κ1) is 15.4. The summed E-state index contributed by atoms with van der Waals surface area (Å²) in [6.07, 6.45) is 1.56. The number of pyridine rings is 1. The fourth-order valence-corrected chi connectivity index (χ4v) is 1.36. The van der Waals surface area contributed by atoms with Crippen LogP contribution in [-0.4, -0.2) is 41.6 Å². The van der Waals surface area contributed by atoms with E-state index in [1.807, 2.05) is 0 Å². The minimum atomic E-state index is -1.05. The van der Waals surface area contributed by atoms with Crippen LogP contribution in [0.25, 0.3) is 0 Å². The summed E-state index contributed by atoms with van der Waals surface area (Å²) in [7, 11) is 1.52. The number of carboxylic acid groups (broad SMARTS) is 1. The van der Waals surface area contributed by atoms with Crippen LogP contribution in [0, 0.1) is 0 Å². The molecule has 8 nitrogen and oxygen atoms in total. The number of hydrogen-bond acceptors (Lipinski definition) is 4. The third-order valence-electron chi connectivity index (χ3n) is 2.41. The molecule has 108 valence electrons. The van der Waals surface area contributed by atoms with E-state index in [2.05, 4.69) is 20.9 Å². The fourth-order valence-electron chi connectivity index (χ4n) is 1.36. The number of nitrogens with zero attached hydrogens (tertiary/aromatic N) is 1. The van der Waals surface area contributed by atoms with E-state index in [1.165, 1.54) is 25.4 Å². The second-order valence-corrected chi connectivity index (χ2v) is 3.87. The number of carboxylic acids is 1. The van der Waals surface area contributed by atoms with E-state index in [-0.39, 0.29) is 31.0 Å². The summed E-state index contributed by atoms with van der Waals surface area (Å²) in [6, 6.07) is 2.30. The van der Waals surface area contributed by atoms with Crippen LogP contribution >= 0.6 is 0 Å². The number of aromatic carboxylic acids is 1. The highest BCUT2D eigenvalue weighted by Crippen LogP contribution is 2.01. The van der Waals surface area contributed by atoms with Crippen molar-refractivity contribution >= 4 is 17.9 Å². The highest BCUT2D eigenvalue weighted by Gasteiger charge is 2.06. The molecule has 0 aliphatic heterocycles. The molecule has 0 bridgehead atoms. The van der Waals surface area contributed by atoms with Crippen LogP contribution in [0.2, 0.25) is 0 Å². The standard InChI is InChI=1S/C12H16N4O4/c1-13-10(17)3-5-15-12(20)16-7-9-6-8(11(18)19)2-4-14-9/h2,4,6H,3,5,7H2,1H3,(H,13,17)(H,18,19)(H2,15,16,20). The van der Waals surface area contributed by atoms with Gasteiger partial charge in [0, 0.05) is 26.2 Å². The van der Waals surface area contributed by atoms with Gasteiger partial charge in [-0.2, -0.15) is 0 Å². The van der Waals surface area contributed by atoms with Crippen LogP contribution < -0.4 is 16.0 Å². The molecule has 1 aromatic heterocycles. The van der Waals surface area contributed by atoms with Crippen LogP contribution in [0.15, 0.2) is 18.3 Å². The highest BCUT2D eigenvalue weighted by molar-refractivity contribution is 5.87. The van der Waals surface area contributed by atoms with Crippen molar-refractivity contribution in [2.24, 2.45) is 0 Å². The molecule has 20 heavy (non-hydrogen) atoms. The molecular formula is C12H16N4O4. The molecule has 0 saturated carbocycles. The van der Waals surface area contributed by atoms with Gasteiger partial charge < -0.3 is 21.1 Å². The van der Waals surface area contributed by atoms with Gasteiger partial charge in [-0.05, 0) is 12.1 Å². The summed E-state index contributed by atoms with van der Waals surface area (Å²) in [6.45, 7) is 0.320. The van der Waals surface area contributed by atoms with E-state index in [1.54, 1.807) is 0 Å². The Labute approximate surface area is 115 Å². The molecule has 0 aromatic carbocycles. The number of rotatable bonds is 6. The zero-order chi connectivity index (χ0) is 15.0. The van der Waals surface area contributed by atoms with Gasteiger partial charge in [0.15, 0.2) is 0 Å². The van der Waals surface area contributed by atoms with Crippen molar-refractivity contribution in [1.29, 1.82) is 0 Å². The molecule has 1 rings (SSSR count). The Morgan fingerprint density at radius 2 is 2.05 bits per heavy atom. The van der Waals surface area contributed by atoms with Gasteiger partial charge in [-0.25, -0.2) is 9.59 Å². The molecule has 0 unspecified atom stereocenters. The van der Waals surface area contributed by atoms with Gasteiger partial charge >= 0.3 is 12.0 Å². The van der Waals surface area contributed by atoms with Crippen molar-refractivity contribution in [1.82, 2.24) is 20.9 Å². The lowest BCUT2D eigenvalue weighted by Gasteiger charge is -2.07. The smallest absolute Gasteiger partial charge is 0.335 e. The summed E-state index contributed by atoms with van der Waals surface area (Å²) >= 11 is 0. The first-order valence-electron chi connectivity index (χ1n) is 5.93. The summed E-state index contributed by atoms with van der Waals surface area (Å²) in [5, 5.41) is 16.3. The Morgan fingerprint density at radius 1 is 1.30 bits per heavy atom. The number of urea groups is 1. The number of carbonyl (C=O) groups is 3. The molecular weight excluding hydrogens is 264 g/mol. The summed E-state index contributed by atoms with van der Waals surface area (Å²) in [4.78, 5) is 37.0. The quantitative estimate of drug-likeness (QED) is 0.571. The summed E-state index contributed by atoms with van der Waals surface area (Å²) in [5.74, 6) is -1.22.